The molecule has 5 N–H and O–H groups in total. The van der Waals surface area contributed by atoms with Crippen LogP contribution in [0.25, 0.3) is 11.3 Å². The van der Waals surface area contributed by atoms with Gasteiger partial charge in [0.25, 0.3) is 11.5 Å². The van der Waals surface area contributed by atoms with Crippen LogP contribution in [0.5, 0.6) is 0 Å². The van der Waals surface area contributed by atoms with Gasteiger partial charge in [0, 0.05) is 36.1 Å². The third-order valence-corrected chi connectivity index (χ3v) is 6.16. The van der Waals surface area contributed by atoms with Gasteiger partial charge in [-0.1, -0.05) is 6.07 Å². The van der Waals surface area contributed by atoms with Gasteiger partial charge in [-0.25, -0.2) is 4.98 Å². The van der Waals surface area contributed by atoms with E-state index in [1.807, 2.05) is 12.1 Å². The zero-order valence-corrected chi connectivity index (χ0v) is 19.7. The fraction of sp³-hybridized carbons (Fsp3) is 0.346. The standard InChI is InChI=1S/C26H31N5O4/c1-17(33)23(16-32)29-24-7-5-6-21(28-24)19-14-22(26(35)27-15-19)30-25(34)18-8-10-20(11-9-18)31-12-3-2-4-13-31/h5-11,14-15,17,23,32-33H,2-4,12-13,16H2,1H3,(H,27,35)(H,28,29)(H,30,34)/t17?,23-/m1/s1. The molecule has 1 fully saturated rings. The molecule has 1 amide bonds. The van der Waals surface area contributed by atoms with Crippen molar-refractivity contribution in [2.75, 3.05) is 35.2 Å². The van der Waals surface area contributed by atoms with Gasteiger partial charge in [0.05, 0.1) is 24.4 Å². The molecule has 1 aromatic carbocycles. The van der Waals surface area contributed by atoms with Gasteiger partial charge in [0.1, 0.15) is 11.5 Å². The van der Waals surface area contributed by atoms with Crippen molar-refractivity contribution in [3.8, 4) is 11.3 Å². The summed E-state index contributed by atoms with van der Waals surface area (Å²) in [6.45, 7) is 3.38. The van der Waals surface area contributed by atoms with E-state index in [-0.39, 0.29) is 18.2 Å². The minimum absolute atomic E-state index is 0.116. The monoisotopic (exact) mass is 477 g/mol. The highest BCUT2D eigenvalue weighted by molar-refractivity contribution is 6.04. The number of rotatable bonds is 8. The van der Waals surface area contributed by atoms with Crippen LogP contribution < -0.4 is 21.1 Å². The van der Waals surface area contributed by atoms with E-state index in [9.17, 15) is 19.8 Å². The number of H-pyrrole nitrogens is 1. The number of carbonyl (C=O) groups excluding carboxylic acids is 1. The number of aliphatic hydroxyl groups excluding tert-OH is 2. The second kappa shape index (κ2) is 11.2. The molecular formula is C26H31N5O4. The normalized spacial score (nSPS) is 15.3. The Hall–Kier alpha value is -3.69. The van der Waals surface area contributed by atoms with Gasteiger partial charge in [-0.15, -0.1) is 0 Å². The number of piperidine rings is 1. The first-order valence-electron chi connectivity index (χ1n) is 11.9. The number of aromatic amines is 1. The number of anilines is 3. The second-order valence-electron chi connectivity index (χ2n) is 8.76. The second-order valence-corrected chi connectivity index (χ2v) is 8.76. The van der Waals surface area contributed by atoms with Crippen molar-refractivity contribution in [1.82, 2.24) is 9.97 Å². The summed E-state index contributed by atoms with van der Waals surface area (Å²) in [6, 6.07) is 13.7. The minimum Gasteiger partial charge on any atom is -0.394 e. The van der Waals surface area contributed by atoms with E-state index in [0.717, 1.165) is 18.8 Å². The Morgan fingerprint density at radius 1 is 1.14 bits per heavy atom. The molecule has 0 aliphatic carbocycles. The Morgan fingerprint density at radius 2 is 1.89 bits per heavy atom. The molecule has 1 unspecified atom stereocenters. The molecule has 1 saturated heterocycles. The number of nitrogens with zero attached hydrogens (tertiary/aromatic N) is 2. The Bertz CT molecular complexity index is 1200. The summed E-state index contributed by atoms with van der Waals surface area (Å²) in [5, 5.41) is 24.9. The summed E-state index contributed by atoms with van der Waals surface area (Å²) < 4.78 is 0. The summed E-state index contributed by atoms with van der Waals surface area (Å²) >= 11 is 0. The molecule has 2 aromatic heterocycles. The SMILES string of the molecule is CC(O)[C@@H](CO)Nc1cccc(-c2c[nH]c(=O)c(NC(=O)c3ccc(N4CCCCC4)cc3)c2)n1. The predicted molar refractivity (Wildman–Crippen MR) is 137 cm³/mol. The van der Waals surface area contributed by atoms with Crippen molar-refractivity contribution < 1.29 is 15.0 Å². The topological polar surface area (TPSA) is 131 Å². The third-order valence-electron chi connectivity index (χ3n) is 6.16. The lowest BCUT2D eigenvalue weighted by Crippen LogP contribution is -2.35. The van der Waals surface area contributed by atoms with Gasteiger partial charge >= 0.3 is 0 Å². The van der Waals surface area contributed by atoms with Crippen LogP contribution in [0.2, 0.25) is 0 Å². The van der Waals surface area contributed by atoms with Crippen LogP contribution in [-0.4, -0.2) is 57.9 Å². The van der Waals surface area contributed by atoms with Gasteiger partial charge in [0.15, 0.2) is 0 Å². The molecule has 1 aliphatic rings. The molecule has 3 aromatic rings. The zero-order chi connectivity index (χ0) is 24.8. The summed E-state index contributed by atoms with van der Waals surface area (Å²) in [7, 11) is 0. The highest BCUT2D eigenvalue weighted by atomic mass is 16.3. The lowest BCUT2D eigenvalue weighted by molar-refractivity contribution is 0.102. The number of aromatic nitrogens is 2. The maximum absolute atomic E-state index is 12.8. The van der Waals surface area contributed by atoms with Crippen LogP contribution in [0.4, 0.5) is 17.2 Å². The van der Waals surface area contributed by atoms with Crippen molar-refractivity contribution in [2.24, 2.45) is 0 Å². The molecule has 184 valence electrons. The Balaban J connectivity index is 1.49. The van der Waals surface area contributed by atoms with Gasteiger partial charge in [-0.2, -0.15) is 0 Å². The maximum Gasteiger partial charge on any atom is 0.271 e. The van der Waals surface area contributed by atoms with Crippen LogP contribution >= 0.6 is 0 Å². The summed E-state index contributed by atoms with van der Waals surface area (Å²) in [6.07, 6.45) is 4.37. The van der Waals surface area contributed by atoms with Gasteiger partial charge in [-0.05, 0) is 68.7 Å². The number of aliphatic hydroxyl groups is 2. The van der Waals surface area contributed by atoms with Crippen LogP contribution in [0, 0.1) is 0 Å². The van der Waals surface area contributed by atoms with E-state index in [1.165, 1.54) is 25.5 Å². The Morgan fingerprint density at radius 3 is 2.57 bits per heavy atom. The first-order chi connectivity index (χ1) is 16.9. The number of hydrogen-bond donors (Lipinski definition) is 5. The van der Waals surface area contributed by atoms with E-state index in [4.69, 9.17) is 0 Å². The summed E-state index contributed by atoms with van der Waals surface area (Å²) in [4.78, 5) is 34.7. The fourth-order valence-electron chi connectivity index (χ4n) is 4.08. The molecule has 0 bridgehead atoms. The van der Waals surface area contributed by atoms with Crippen molar-refractivity contribution in [1.29, 1.82) is 0 Å². The van der Waals surface area contributed by atoms with Crippen LogP contribution in [0.1, 0.15) is 36.5 Å². The number of carbonyl (C=O) groups is 1. The lowest BCUT2D eigenvalue weighted by Gasteiger charge is -2.28. The molecular weight excluding hydrogens is 446 g/mol. The smallest absolute Gasteiger partial charge is 0.271 e. The highest BCUT2D eigenvalue weighted by Crippen LogP contribution is 2.22. The maximum atomic E-state index is 12.8. The quantitative estimate of drug-likeness (QED) is 0.337. The van der Waals surface area contributed by atoms with E-state index in [1.54, 1.807) is 43.3 Å². The van der Waals surface area contributed by atoms with Crippen molar-refractivity contribution in [3.63, 3.8) is 0 Å². The van der Waals surface area contributed by atoms with Gasteiger partial charge < -0.3 is 30.7 Å². The molecule has 2 atom stereocenters. The Labute approximate surface area is 203 Å². The first-order valence-corrected chi connectivity index (χ1v) is 11.9. The first kappa shape index (κ1) is 24.4. The molecule has 9 nitrogen and oxygen atoms in total. The van der Waals surface area contributed by atoms with E-state index in [2.05, 4.69) is 25.5 Å². The Kier molecular flexibility index (Phi) is 7.79. The highest BCUT2D eigenvalue weighted by Gasteiger charge is 2.16. The van der Waals surface area contributed by atoms with Crippen molar-refractivity contribution in [2.45, 2.75) is 38.3 Å². The van der Waals surface area contributed by atoms with E-state index in [0.29, 0.717) is 22.6 Å². The zero-order valence-electron chi connectivity index (χ0n) is 19.7. The molecule has 35 heavy (non-hydrogen) atoms. The molecule has 0 radical (unpaired) electrons. The van der Waals surface area contributed by atoms with E-state index < -0.39 is 17.7 Å². The molecule has 3 heterocycles. The fourth-order valence-corrected chi connectivity index (χ4v) is 4.08. The average molecular weight is 478 g/mol. The van der Waals surface area contributed by atoms with Crippen LogP contribution in [0.3, 0.4) is 0 Å². The summed E-state index contributed by atoms with van der Waals surface area (Å²) in [5.41, 5.74) is 2.41. The number of hydrogen-bond acceptors (Lipinski definition) is 7. The molecule has 1 aliphatic heterocycles. The molecule has 0 spiro atoms. The van der Waals surface area contributed by atoms with Gasteiger partial charge in [0.2, 0.25) is 0 Å². The third kappa shape index (κ3) is 6.06. The minimum atomic E-state index is -0.769. The predicted octanol–water partition coefficient (Wildman–Crippen LogP) is 2.83. The van der Waals surface area contributed by atoms with Crippen molar-refractivity contribution in [3.05, 3.63) is 70.6 Å². The number of amides is 1. The van der Waals surface area contributed by atoms with Crippen LogP contribution in [-0.2, 0) is 0 Å². The number of nitrogens with one attached hydrogen (secondary N) is 3. The average Bonchev–Trinajstić information content (AvgIpc) is 2.89. The largest absolute Gasteiger partial charge is 0.394 e. The lowest BCUT2D eigenvalue weighted by atomic mass is 10.1. The molecule has 9 heteroatoms. The van der Waals surface area contributed by atoms with Crippen molar-refractivity contribution >= 4 is 23.1 Å². The molecule has 0 saturated carbocycles. The number of pyridine rings is 2. The van der Waals surface area contributed by atoms with Gasteiger partial charge in [-0.3, -0.25) is 9.59 Å². The summed E-state index contributed by atoms with van der Waals surface area (Å²) in [5.74, 6) is 0.0944. The number of benzene rings is 1. The van der Waals surface area contributed by atoms with E-state index >= 15 is 0 Å². The van der Waals surface area contributed by atoms with Crippen LogP contribution in [0.15, 0.2) is 59.5 Å². The molecule has 4 rings (SSSR count).